The number of thiazole rings is 1. The zero-order valence-corrected chi connectivity index (χ0v) is 27.6. The quantitative estimate of drug-likeness (QED) is 0.208. The summed E-state index contributed by atoms with van der Waals surface area (Å²) in [4.78, 5) is 45.7. The number of nitrogens with one attached hydrogen (secondary N) is 1. The molecule has 2 saturated carbocycles. The molecule has 2 amide bonds. The molecular weight excluding hydrogens is 675 g/mol. The minimum absolute atomic E-state index is 0.00410. The van der Waals surface area contributed by atoms with E-state index in [1.54, 1.807) is 55.3 Å². The van der Waals surface area contributed by atoms with Crippen molar-refractivity contribution in [3.63, 3.8) is 0 Å². The van der Waals surface area contributed by atoms with Crippen LogP contribution in [-0.4, -0.2) is 29.2 Å². The van der Waals surface area contributed by atoms with Crippen LogP contribution in [0.2, 0.25) is 15.1 Å². The van der Waals surface area contributed by atoms with Crippen molar-refractivity contribution >= 4 is 75.4 Å². The lowest BCUT2D eigenvalue weighted by atomic mass is 9.68. The van der Waals surface area contributed by atoms with E-state index in [9.17, 15) is 14.4 Å². The molecule has 3 aromatic carbocycles. The highest BCUT2D eigenvalue weighted by Gasteiger charge is 2.69. The summed E-state index contributed by atoms with van der Waals surface area (Å²) in [5.74, 6) is 0.00315. The first-order valence-corrected chi connectivity index (χ1v) is 17.3. The number of benzene rings is 3. The Morgan fingerprint density at radius 3 is 2.36 bits per heavy atom. The maximum Gasteiger partial charge on any atom is 0.305 e. The molecule has 1 aromatic heterocycles. The molecule has 2 aliphatic carbocycles. The zero-order valence-electron chi connectivity index (χ0n) is 23.7. The molecule has 0 spiro atoms. The van der Waals surface area contributed by atoms with Gasteiger partial charge in [-0.1, -0.05) is 58.3 Å². The lowest BCUT2D eigenvalue weighted by Crippen LogP contribution is -2.42. The number of aromatic nitrogens is 1. The third-order valence-electron chi connectivity index (χ3n) is 9.75. The highest BCUT2D eigenvalue weighted by molar-refractivity contribution is 8.00. The molecule has 6 unspecified atom stereocenters. The first-order chi connectivity index (χ1) is 21.7. The van der Waals surface area contributed by atoms with E-state index in [1.807, 2.05) is 24.3 Å². The summed E-state index contributed by atoms with van der Waals surface area (Å²) in [7, 11) is 1.59. The minimum atomic E-state index is -0.395. The number of carbonyl (C=O) groups excluding carboxylic acids is 2. The Kier molecular flexibility index (Phi) is 7.26. The Morgan fingerprint density at radius 1 is 0.889 bits per heavy atom. The molecule has 4 aliphatic rings. The van der Waals surface area contributed by atoms with Crippen LogP contribution in [0.4, 0.5) is 5.69 Å². The second-order valence-corrected chi connectivity index (χ2v) is 15.4. The number of anilines is 1. The van der Waals surface area contributed by atoms with Gasteiger partial charge in [-0.15, -0.1) is 11.8 Å². The van der Waals surface area contributed by atoms with Crippen molar-refractivity contribution in [2.45, 2.75) is 29.2 Å². The monoisotopic (exact) mass is 698 g/mol. The minimum Gasteiger partial charge on any atom is -0.493 e. The van der Waals surface area contributed by atoms with Gasteiger partial charge in [-0.05, 0) is 78.3 Å². The number of rotatable bonds is 6. The van der Waals surface area contributed by atoms with Gasteiger partial charge in [0, 0.05) is 36.7 Å². The van der Waals surface area contributed by atoms with Gasteiger partial charge >= 0.3 is 4.87 Å². The van der Waals surface area contributed by atoms with Gasteiger partial charge < -0.3 is 14.5 Å². The molecule has 45 heavy (non-hydrogen) atoms. The average molecular weight is 700 g/mol. The first kappa shape index (κ1) is 29.5. The number of imide groups is 1. The molecule has 1 saturated heterocycles. The van der Waals surface area contributed by atoms with Crippen LogP contribution in [-0.2, 0) is 16.2 Å². The third-order valence-corrected chi connectivity index (χ3v) is 13.2. The fourth-order valence-electron chi connectivity index (χ4n) is 8.03. The molecule has 12 heteroatoms. The molecular formula is C33H25Cl3N2O5S2. The highest BCUT2D eigenvalue weighted by atomic mass is 35.5. The van der Waals surface area contributed by atoms with Crippen molar-refractivity contribution < 1.29 is 19.1 Å². The van der Waals surface area contributed by atoms with E-state index in [2.05, 4.69) is 4.98 Å². The molecule has 2 bridgehead atoms. The summed E-state index contributed by atoms with van der Waals surface area (Å²) < 4.78 is 11.9. The number of H-pyrrole nitrogens is 1. The Hall–Kier alpha value is -2.95. The van der Waals surface area contributed by atoms with Crippen molar-refractivity contribution in [2.24, 2.45) is 29.6 Å². The van der Waals surface area contributed by atoms with Crippen molar-refractivity contribution in [1.82, 2.24) is 4.98 Å². The van der Waals surface area contributed by atoms with Gasteiger partial charge in [0.2, 0.25) is 11.8 Å². The summed E-state index contributed by atoms with van der Waals surface area (Å²) in [6.45, 7) is 0.229. The summed E-state index contributed by atoms with van der Waals surface area (Å²) in [5.41, 5.74) is 2.33. The van der Waals surface area contributed by atoms with E-state index in [0.29, 0.717) is 32.3 Å². The predicted octanol–water partition coefficient (Wildman–Crippen LogP) is 7.66. The van der Waals surface area contributed by atoms with E-state index >= 15 is 0 Å². The second-order valence-electron chi connectivity index (χ2n) is 11.9. The summed E-state index contributed by atoms with van der Waals surface area (Å²) >= 11 is 21.4. The van der Waals surface area contributed by atoms with Gasteiger partial charge in [-0.25, -0.2) is 0 Å². The molecule has 230 valence electrons. The van der Waals surface area contributed by atoms with Crippen LogP contribution in [0.5, 0.6) is 11.5 Å². The molecule has 1 N–H and O–H groups in total. The number of hydrogen-bond donors (Lipinski definition) is 1. The Morgan fingerprint density at radius 2 is 1.62 bits per heavy atom. The van der Waals surface area contributed by atoms with Crippen LogP contribution < -0.4 is 19.2 Å². The fourth-order valence-corrected chi connectivity index (χ4v) is 11.5. The number of ether oxygens (including phenoxy) is 2. The number of nitrogens with zero attached hydrogens (tertiary/aromatic N) is 1. The number of aromatic amines is 1. The van der Waals surface area contributed by atoms with Gasteiger partial charge in [0.25, 0.3) is 0 Å². The van der Waals surface area contributed by atoms with E-state index < -0.39 is 5.92 Å². The van der Waals surface area contributed by atoms with Crippen LogP contribution >= 0.6 is 57.9 Å². The molecule has 7 nitrogen and oxygen atoms in total. The molecule has 8 rings (SSSR count). The Labute approximate surface area is 281 Å². The topological polar surface area (TPSA) is 88.7 Å². The molecule has 2 aliphatic heterocycles. The van der Waals surface area contributed by atoms with Crippen molar-refractivity contribution in [3.05, 3.63) is 101 Å². The highest BCUT2D eigenvalue weighted by Crippen LogP contribution is 2.68. The maximum atomic E-state index is 14.0. The summed E-state index contributed by atoms with van der Waals surface area (Å²) in [5, 5.41) is 2.54. The summed E-state index contributed by atoms with van der Waals surface area (Å²) in [6.07, 6.45) is 0.805. The van der Waals surface area contributed by atoms with E-state index in [4.69, 9.17) is 44.3 Å². The van der Waals surface area contributed by atoms with Crippen LogP contribution in [0.25, 0.3) is 0 Å². The lowest BCUT2D eigenvalue weighted by molar-refractivity contribution is -0.123. The lowest BCUT2D eigenvalue weighted by Gasteiger charge is -2.43. The number of amides is 2. The summed E-state index contributed by atoms with van der Waals surface area (Å²) in [6, 6.07) is 18.0. The molecule has 3 fully saturated rings. The SMILES string of the molecule is COc1cc([C@H]2c3sc(=O)[nH]c3SC3C4CC(C5C(=O)N(c6ccc(Cl)cc6)C(=O)C45)C32)ccc1OCc1ccc(Cl)cc1Cl. The van der Waals surface area contributed by atoms with Crippen LogP contribution in [0.15, 0.2) is 70.5 Å². The van der Waals surface area contributed by atoms with Crippen LogP contribution in [0.1, 0.15) is 28.3 Å². The number of fused-ring (bicyclic) bond motifs is 9. The first-order valence-electron chi connectivity index (χ1n) is 14.5. The van der Waals surface area contributed by atoms with E-state index in [0.717, 1.165) is 27.5 Å². The van der Waals surface area contributed by atoms with E-state index in [1.165, 1.54) is 16.2 Å². The van der Waals surface area contributed by atoms with Crippen LogP contribution in [0, 0.1) is 29.6 Å². The van der Waals surface area contributed by atoms with Crippen molar-refractivity contribution in [1.29, 1.82) is 0 Å². The smallest absolute Gasteiger partial charge is 0.305 e. The molecule has 3 heterocycles. The van der Waals surface area contributed by atoms with Gasteiger partial charge in [0.15, 0.2) is 11.5 Å². The number of methoxy groups -OCH3 is 1. The standard InChI is InChI=1S/C33H25Cl3N2O5S2/c1-42-23-10-14(3-9-22(23)43-13-15-2-4-17(35)11-21(15)36)24-25-19-12-20(28(25)44-30-29(24)45-33(41)37-30)27-26(19)31(39)38(32(27)40)18-7-5-16(34)6-8-18/h2-11,19-20,24-28H,12-13H2,1H3,(H,37,41)/t19?,20?,24-,25?,26?,27?,28?/m1/s1. The van der Waals surface area contributed by atoms with Crippen molar-refractivity contribution in [3.8, 4) is 11.5 Å². The molecule has 7 atom stereocenters. The number of hydrogen-bond acceptors (Lipinski definition) is 7. The van der Waals surface area contributed by atoms with Crippen molar-refractivity contribution in [2.75, 3.05) is 12.0 Å². The van der Waals surface area contributed by atoms with Gasteiger partial charge in [0.05, 0.1) is 29.7 Å². The average Bonchev–Trinajstić information content (AvgIpc) is 3.76. The molecule has 4 aromatic rings. The second kappa shape index (κ2) is 11.1. The predicted molar refractivity (Wildman–Crippen MR) is 176 cm³/mol. The zero-order chi connectivity index (χ0) is 31.1. The Bertz CT molecular complexity index is 1930. The van der Waals surface area contributed by atoms with Gasteiger partial charge in [0.1, 0.15) is 6.61 Å². The largest absolute Gasteiger partial charge is 0.493 e. The third kappa shape index (κ3) is 4.65. The number of thioether (sulfide) groups is 1. The van der Waals surface area contributed by atoms with Crippen LogP contribution in [0.3, 0.4) is 0 Å². The van der Waals surface area contributed by atoms with Gasteiger partial charge in [-0.2, -0.15) is 0 Å². The van der Waals surface area contributed by atoms with E-state index in [-0.39, 0.29) is 58.1 Å². The maximum absolute atomic E-state index is 14.0. The number of carbonyl (C=O) groups is 2. The normalized spacial score (nSPS) is 27.8. The fraction of sp³-hybridized carbons (Fsp3) is 0.303. The molecule has 0 radical (unpaired) electrons. The number of halogens is 3. The Balaban J connectivity index is 1.14. The van der Waals surface area contributed by atoms with Gasteiger partial charge in [-0.3, -0.25) is 19.3 Å².